The molecule has 4 aromatic carbocycles. The van der Waals surface area contributed by atoms with Crippen LogP contribution in [0.2, 0.25) is 0 Å². The van der Waals surface area contributed by atoms with Crippen molar-refractivity contribution in [1.29, 1.82) is 10.5 Å². The number of para-hydroxylation sites is 3. The van der Waals surface area contributed by atoms with Gasteiger partial charge in [0.25, 0.3) is 0 Å². The highest BCUT2D eigenvalue weighted by molar-refractivity contribution is 5.94. The molecule has 0 atom stereocenters. The summed E-state index contributed by atoms with van der Waals surface area (Å²) in [5.74, 6) is 0.227. The van der Waals surface area contributed by atoms with E-state index in [9.17, 15) is 15.3 Å². The lowest BCUT2D eigenvalue weighted by Gasteiger charge is -2.15. The van der Waals surface area contributed by atoms with Crippen LogP contribution in [0.3, 0.4) is 0 Å². The monoisotopic (exact) mass is 457 g/mol. The lowest BCUT2D eigenvalue weighted by molar-refractivity contribution is 0.0732. The Morgan fingerprint density at radius 2 is 1.49 bits per heavy atom. The van der Waals surface area contributed by atoms with Gasteiger partial charge < -0.3 is 9.47 Å². The Kier molecular flexibility index (Phi) is 5.61. The quantitative estimate of drug-likeness (QED) is 0.264. The second-order valence-corrected chi connectivity index (χ2v) is 7.38. The number of hydrogen-bond donors (Lipinski definition) is 0. The average molecular weight is 457 g/mol. The Balaban J connectivity index is 1.61. The highest BCUT2D eigenvalue weighted by atomic mass is 16.5. The molecule has 1 aromatic heterocycles. The van der Waals surface area contributed by atoms with Crippen molar-refractivity contribution in [3.05, 3.63) is 108 Å². The van der Waals surface area contributed by atoms with Crippen molar-refractivity contribution in [2.24, 2.45) is 0 Å². The Hall–Kier alpha value is -5.47. The van der Waals surface area contributed by atoms with E-state index in [-0.39, 0.29) is 28.2 Å². The molecule has 5 rings (SSSR count). The molecular weight excluding hydrogens is 442 g/mol. The minimum absolute atomic E-state index is 0.125. The molecule has 0 amide bonds. The number of nitrogens with zero attached hydrogens (tertiary/aromatic N) is 5. The normalized spacial score (nSPS) is 10.3. The second kappa shape index (κ2) is 9.18. The molecule has 35 heavy (non-hydrogen) atoms. The predicted molar refractivity (Wildman–Crippen MR) is 126 cm³/mol. The topological polar surface area (TPSA) is 114 Å². The Bertz CT molecular complexity index is 1650. The number of ether oxygens (including phenoxy) is 2. The van der Waals surface area contributed by atoms with Crippen LogP contribution < -0.4 is 9.47 Å². The Morgan fingerprint density at radius 1 is 0.800 bits per heavy atom. The van der Waals surface area contributed by atoms with E-state index >= 15 is 0 Å². The third-order valence-electron chi connectivity index (χ3n) is 5.20. The van der Waals surface area contributed by atoms with Crippen LogP contribution in [0.4, 0.5) is 0 Å². The summed E-state index contributed by atoms with van der Waals surface area (Å²) in [7, 11) is 0. The first-order chi connectivity index (χ1) is 17.2. The standard InChI is InChI=1S/C27H15N5O3/c28-16-18-14-24(32-23-12-6-5-11-22(23)30-31-32)26(15-19(18)17-29)35-25-13-7-4-10-21(25)27(33)34-20-8-2-1-3-9-20/h1-15H. The highest BCUT2D eigenvalue weighted by Crippen LogP contribution is 2.34. The minimum atomic E-state index is -0.603. The van der Waals surface area contributed by atoms with Crippen molar-refractivity contribution in [1.82, 2.24) is 15.0 Å². The highest BCUT2D eigenvalue weighted by Gasteiger charge is 2.20. The van der Waals surface area contributed by atoms with Gasteiger partial charge in [0, 0.05) is 6.07 Å². The van der Waals surface area contributed by atoms with Crippen LogP contribution >= 0.6 is 0 Å². The molecule has 0 N–H and O–H groups in total. The fourth-order valence-electron chi connectivity index (χ4n) is 3.54. The third-order valence-corrected chi connectivity index (χ3v) is 5.20. The summed E-state index contributed by atoms with van der Waals surface area (Å²) in [5.41, 5.74) is 2.19. The van der Waals surface area contributed by atoms with Crippen LogP contribution in [-0.2, 0) is 0 Å². The molecule has 1 heterocycles. The SMILES string of the molecule is N#Cc1cc(Oc2ccccc2C(=O)Oc2ccccc2)c(-n2nnc3ccccc32)cc1C#N. The van der Waals surface area contributed by atoms with Gasteiger partial charge in [-0.1, -0.05) is 47.7 Å². The minimum Gasteiger partial charge on any atom is -0.454 e. The van der Waals surface area contributed by atoms with Crippen LogP contribution in [0, 0.1) is 22.7 Å². The largest absolute Gasteiger partial charge is 0.454 e. The van der Waals surface area contributed by atoms with Crippen LogP contribution in [0.5, 0.6) is 17.2 Å². The summed E-state index contributed by atoms with van der Waals surface area (Å²) in [6.07, 6.45) is 0. The van der Waals surface area contributed by atoms with Gasteiger partial charge in [-0.05, 0) is 42.5 Å². The summed E-state index contributed by atoms with van der Waals surface area (Å²) in [4.78, 5) is 12.9. The maximum atomic E-state index is 12.9. The number of rotatable bonds is 5. The van der Waals surface area contributed by atoms with Gasteiger partial charge in [-0.25, -0.2) is 9.48 Å². The maximum absolute atomic E-state index is 12.9. The first kappa shape index (κ1) is 21.4. The number of carbonyl (C=O) groups is 1. The van der Waals surface area contributed by atoms with Crippen molar-refractivity contribution in [2.45, 2.75) is 0 Å². The van der Waals surface area contributed by atoms with Gasteiger partial charge in [0.15, 0.2) is 5.75 Å². The molecule has 0 aliphatic rings. The summed E-state index contributed by atoms with van der Waals surface area (Å²) >= 11 is 0. The number of benzene rings is 4. The summed E-state index contributed by atoms with van der Waals surface area (Å²) in [6.45, 7) is 0. The fourth-order valence-corrected chi connectivity index (χ4v) is 3.54. The first-order valence-corrected chi connectivity index (χ1v) is 10.5. The number of fused-ring (bicyclic) bond motifs is 1. The molecular formula is C27H15N5O3. The van der Waals surface area contributed by atoms with Crippen LogP contribution in [0.1, 0.15) is 21.5 Å². The molecule has 0 unspecified atom stereocenters. The molecule has 0 saturated carbocycles. The molecule has 0 spiro atoms. The molecule has 0 radical (unpaired) electrons. The predicted octanol–water partition coefficient (Wildman–Crippen LogP) is 5.18. The van der Waals surface area contributed by atoms with Gasteiger partial charge in [-0.15, -0.1) is 5.10 Å². The third kappa shape index (κ3) is 4.15. The molecule has 0 aliphatic carbocycles. The van der Waals surface area contributed by atoms with Crippen LogP contribution in [0.25, 0.3) is 16.7 Å². The number of carbonyl (C=O) groups excluding carboxylic acids is 1. The van der Waals surface area contributed by atoms with Crippen molar-refractivity contribution >= 4 is 17.0 Å². The summed E-state index contributed by atoms with van der Waals surface area (Å²) < 4.78 is 13.2. The van der Waals surface area contributed by atoms with Gasteiger partial charge in [-0.3, -0.25) is 0 Å². The van der Waals surface area contributed by atoms with Crippen LogP contribution in [0.15, 0.2) is 91.0 Å². The van der Waals surface area contributed by atoms with Crippen molar-refractivity contribution in [3.8, 4) is 35.1 Å². The van der Waals surface area contributed by atoms with E-state index in [4.69, 9.17) is 9.47 Å². The lowest BCUT2D eigenvalue weighted by Crippen LogP contribution is -2.10. The molecule has 0 fully saturated rings. The van der Waals surface area contributed by atoms with Crippen LogP contribution in [-0.4, -0.2) is 21.0 Å². The van der Waals surface area contributed by atoms with Gasteiger partial charge in [-0.2, -0.15) is 10.5 Å². The molecule has 0 bridgehead atoms. The number of esters is 1. The average Bonchev–Trinajstić information content (AvgIpc) is 3.33. The van der Waals surface area contributed by atoms with Gasteiger partial charge in [0.2, 0.25) is 0 Å². The van der Waals surface area contributed by atoms with Crippen molar-refractivity contribution < 1.29 is 14.3 Å². The molecule has 5 aromatic rings. The Labute approximate surface area is 199 Å². The van der Waals surface area contributed by atoms with E-state index in [0.717, 1.165) is 0 Å². The number of nitriles is 2. The Morgan fingerprint density at radius 3 is 2.29 bits per heavy atom. The fraction of sp³-hybridized carbons (Fsp3) is 0. The second-order valence-electron chi connectivity index (χ2n) is 7.38. The molecule has 8 nitrogen and oxygen atoms in total. The summed E-state index contributed by atoms with van der Waals surface area (Å²) in [6, 6.07) is 29.6. The molecule has 8 heteroatoms. The van der Waals surface area contributed by atoms with E-state index < -0.39 is 5.97 Å². The van der Waals surface area contributed by atoms with E-state index in [1.807, 2.05) is 42.5 Å². The lowest BCUT2D eigenvalue weighted by atomic mass is 10.1. The van der Waals surface area contributed by atoms with E-state index in [1.54, 1.807) is 48.5 Å². The van der Waals surface area contributed by atoms with Gasteiger partial charge in [0.05, 0.1) is 16.6 Å². The van der Waals surface area contributed by atoms with Gasteiger partial charge >= 0.3 is 5.97 Å². The molecule has 0 aliphatic heterocycles. The first-order valence-electron chi connectivity index (χ1n) is 10.5. The molecule has 166 valence electrons. The molecule has 0 saturated heterocycles. The number of aromatic nitrogens is 3. The zero-order valence-electron chi connectivity index (χ0n) is 18.1. The zero-order chi connectivity index (χ0) is 24.2. The number of hydrogen-bond acceptors (Lipinski definition) is 7. The van der Waals surface area contributed by atoms with E-state index in [0.29, 0.717) is 22.5 Å². The smallest absolute Gasteiger partial charge is 0.347 e. The van der Waals surface area contributed by atoms with E-state index in [2.05, 4.69) is 10.3 Å². The van der Waals surface area contributed by atoms with E-state index in [1.165, 1.54) is 16.8 Å². The van der Waals surface area contributed by atoms with Crippen molar-refractivity contribution in [2.75, 3.05) is 0 Å². The summed E-state index contributed by atoms with van der Waals surface area (Å²) in [5, 5.41) is 27.5. The van der Waals surface area contributed by atoms with Crippen molar-refractivity contribution in [3.63, 3.8) is 0 Å². The maximum Gasteiger partial charge on any atom is 0.347 e. The van der Waals surface area contributed by atoms with Gasteiger partial charge in [0.1, 0.15) is 40.4 Å². The zero-order valence-corrected chi connectivity index (χ0v) is 18.1.